The molecule has 1 rings (SSSR count). The highest BCUT2D eigenvalue weighted by Crippen LogP contribution is 2.25. The fraction of sp³-hybridized carbons (Fsp3) is 0.588. The maximum atomic E-state index is 11.6. The molecule has 6 heteroatoms. The van der Waals surface area contributed by atoms with Crippen LogP contribution in [0.5, 0.6) is 11.5 Å². The standard InChI is InChI=1S/C17H27NO5/c1-17(2,3)23-16(20)18-9-5-6-13-7-8-14(21-4)12-15(13)22-11-10-19/h7-8,12,19H,5-6,9-11H2,1-4H3,(H,18,20). The molecular formula is C17H27NO5. The monoisotopic (exact) mass is 325 g/mol. The summed E-state index contributed by atoms with van der Waals surface area (Å²) in [7, 11) is 1.59. The maximum Gasteiger partial charge on any atom is 0.407 e. The smallest absolute Gasteiger partial charge is 0.407 e. The number of hydrogen-bond donors (Lipinski definition) is 2. The highest BCUT2D eigenvalue weighted by Gasteiger charge is 2.15. The van der Waals surface area contributed by atoms with Crippen molar-refractivity contribution in [3.05, 3.63) is 23.8 Å². The van der Waals surface area contributed by atoms with E-state index in [1.165, 1.54) is 0 Å². The quantitative estimate of drug-likeness (QED) is 0.718. The van der Waals surface area contributed by atoms with E-state index in [9.17, 15) is 4.79 Å². The number of benzene rings is 1. The van der Waals surface area contributed by atoms with E-state index in [-0.39, 0.29) is 13.2 Å². The van der Waals surface area contributed by atoms with Crippen molar-refractivity contribution in [3.8, 4) is 11.5 Å². The zero-order chi connectivity index (χ0) is 17.3. The van der Waals surface area contributed by atoms with Crippen molar-refractivity contribution in [2.45, 2.75) is 39.2 Å². The topological polar surface area (TPSA) is 77.0 Å². The van der Waals surface area contributed by atoms with Crippen molar-refractivity contribution < 1.29 is 24.1 Å². The second-order valence-corrected chi connectivity index (χ2v) is 6.08. The van der Waals surface area contributed by atoms with Crippen LogP contribution in [0.1, 0.15) is 32.8 Å². The third-order valence-corrected chi connectivity index (χ3v) is 2.91. The normalized spacial score (nSPS) is 11.0. The Balaban J connectivity index is 2.48. The lowest BCUT2D eigenvalue weighted by atomic mass is 10.1. The summed E-state index contributed by atoms with van der Waals surface area (Å²) < 4.78 is 15.9. The van der Waals surface area contributed by atoms with Crippen LogP contribution in [0, 0.1) is 0 Å². The first-order valence-corrected chi connectivity index (χ1v) is 7.73. The molecule has 1 aromatic carbocycles. The van der Waals surface area contributed by atoms with Crippen molar-refractivity contribution in [2.24, 2.45) is 0 Å². The van der Waals surface area contributed by atoms with E-state index >= 15 is 0 Å². The van der Waals surface area contributed by atoms with Gasteiger partial charge in [-0.25, -0.2) is 4.79 Å². The minimum absolute atomic E-state index is 0.0448. The molecule has 0 unspecified atom stereocenters. The number of rotatable bonds is 8. The molecule has 23 heavy (non-hydrogen) atoms. The van der Waals surface area contributed by atoms with Gasteiger partial charge in [0, 0.05) is 12.6 Å². The van der Waals surface area contributed by atoms with Crippen LogP contribution in [-0.2, 0) is 11.2 Å². The summed E-state index contributed by atoms with van der Waals surface area (Å²) >= 11 is 0. The van der Waals surface area contributed by atoms with Gasteiger partial charge in [-0.3, -0.25) is 0 Å². The Morgan fingerprint density at radius 1 is 1.30 bits per heavy atom. The molecule has 0 saturated heterocycles. The molecule has 0 heterocycles. The largest absolute Gasteiger partial charge is 0.497 e. The SMILES string of the molecule is COc1ccc(CCCNC(=O)OC(C)(C)C)c(OCCO)c1. The molecule has 0 aliphatic rings. The van der Waals surface area contributed by atoms with Gasteiger partial charge in [-0.05, 0) is 45.2 Å². The zero-order valence-electron chi connectivity index (χ0n) is 14.3. The molecule has 0 aliphatic carbocycles. The van der Waals surface area contributed by atoms with Crippen LogP contribution < -0.4 is 14.8 Å². The summed E-state index contributed by atoms with van der Waals surface area (Å²) in [6, 6.07) is 5.59. The Kier molecular flexibility index (Phi) is 7.68. The summed E-state index contributed by atoms with van der Waals surface area (Å²) in [6.45, 7) is 6.19. The summed E-state index contributed by atoms with van der Waals surface area (Å²) in [4.78, 5) is 11.6. The van der Waals surface area contributed by atoms with Gasteiger partial charge in [0.1, 0.15) is 23.7 Å². The molecule has 1 amide bonds. The number of carbonyl (C=O) groups excluding carboxylic acids is 1. The van der Waals surface area contributed by atoms with Crippen LogP contribution in [0.15, 0.2) is 18.2 Å². The van der Waals surface area contributed by atoms with Gasteiger partial charge in [-0.1, -0.05) is 6.07 Å². The first-order valence-electron chi connectivity index (χ1n) is 7.73. The molecule has 0 radical (unpaired) electrons. The number of aryl methyl sites for hydroxylation is 1. The van der Waals surface area contributed by atoms with Gasteiger partial charge in [0.05, 0.1) is 13.7 Å². The number of amides is 1. The number of hydrogen-bond acceptors (Lipinski definition) is 5. The van der Waals surface area contributed by atoms with Crippen molar-refractivity contribution in [1.29, 1.82) is 0 Å². The summed E-state index contributed by atoms with van der Waals surface area (Å²) in [5.74, 6) is 1.39. The molecule has 1 aromatic rings. The van der Waals surface area contributed by atoms with Gasteiger partial charge >= 0.3 is 6.09 Å². The van der Waals surface area contributed by atoms with E-state index < -0.39 is 11.7 Å². The highest BCUT2D eigenvalue weighted by atomic mass is 16.6. The van der Waals surface area contributed by atoms with Gasteiger partial charge in [0.2, 0.25) is 0 Å². The highest BCUT2D eigenvalue weighted by molar-refractivity contribution is 5.67. The predicted octanol–water partition coefficient (Wildman–Crippen LogP) is 2.52. The lowest BCUT2D eigenvalue weighted by molar-refractivity contribution is 0.0527. The predicted molar refractivity (Wildman–Crippen MR) is 88.1 cm³/mol. The van der Waals surface area contributed by atoms with Gasteiger partial charge in [0.15, 0.2) is 0 Å². The number of aliphatic hydroxyl groups excluding tert-OH is 1. The van der Waals surface area contributed by atoms with Crippen LogP contribution >= 0.6 is 0 Å². The Bertz CT molecular complexity index is 496. The van der Waals surface area contributed by atoms with Crippen LogP contribution in [-0.4, -0.2) is 43.7 Å². The molecule has 0 aliphatic heterocycles. The Morgan fingerprint density at radius 3 is 2.65 bits per heavy atom. The number of methoxy groups -OCH3 is 1. The van der Waals surface area contributed by atoms with Crippen LogP contribution in [0.4, 0.5) is 4.79 Å². The van der Waals surface area contributed by atoms with Crippen molar-refractivity contribution in [3.63, 3.8) is 0 Å². The minimum atomic E-state index is -0.495. The Labute approximate surface area is 137 Å². The van der Waals surface area contributed by atoms with Crippen LogP contribution in [0.3, 0.4) is 0 Å². The Hall–Kier alpha value is -1.95. The van der Waals surface area contributed by atoms with Crippen molar-refractivity contribution in [2.75, 3.05) is 26.9 Å². The number of ether oxygens (including phenoxy) is 3. The fourth-order valence-electron chi connectivity index (χ4n) is 1.94. The van der Waals surface area contributed by atoms with Gasteiger partial charge in [-0.15, -0.1) is 0 Å². The van der Waals surface area contributed by atoms with E-state index in [1.807, 2.05) is 32.9 Å². The molecule has 0 saturated carbocycles. The molecule has 0 spiro atoms. The van der Waals surface area contributed by atoms with E-state index in [0.29, 0.717) is 18.0 Å². The molecular weight excluding hydrogens is 298 g/mol. The van der Waals surface area contributed by atoms with Crippen LogP contribution in [0.25, 0.3) is 0 Å². The first kappa shape index (κ1) is 19.1. The molecule has 2 N–H and O–H groups in total. The third-order valence-electron chi connectivity index (χ3n) is 2.91. The number of nitrogens with one attached hydrogen (secondary N) is 1. The van der Waals surface area contributed by atoms with Crippen molar-refractivity contribution >= 4 is 6.09 Å². The van der Waals surface area contributed by atoms with Crippen LogP contribution in [0.2, 0.25) is 0 Å². The minimum Gasteiger partial charge on any atom is -0.497 e. The number of aliphatic hydroxyl groups is 1. The number of alkyl carbamates (subject to hydrolysis) is 1. The van der Waals surface area contributed by atoms with E-state index in [0.717, 1.165) is 18.4 Å². The third kappa shape index (κ3) is 7.74. The molecule has 0 fully saturated rings. The van der Waals surface area contributed by atoms with Gasteiger partial charge in [0.25, 0.3) is 0 Å². The zero-order valence-corrected chi connectivity index (χ0v) is 14.3. The number of carbonyl (C=O) groups is 1. The summed E-state index contributed by atoms with van der Waals surface area (Å²) in [6.07, 6.45) is 1.07. The second-order valence-electron chi connectivity index (χ2n) is 6.08. The molecule has 0 aromatic heterocycles. The molecule has 0 bridgehead atoms. The average Bonchev–Trinajstić information content (AvgIpc) is 2.48. The van der Waals surface area contributed by atoms with E-state index in [4.69, 9.17) is 19.3 Å². The van der Waals surface area contributed by atoms with E-state index in [1.54, 1.807) is 13.2 Å². The maximum absolute atomic E-state index is 11.6. The lowest BCUT2D eigenvalue weighted by Crippen LogP contribution is -2.33. The lowest BCUT2D eigenvalue weighted by Gasteiger charge is -2.19. The molecule has 130 valence electrons. The summed E-state index contributed by atoms with van der Waals surface area (Å²) in [5, 5.41) is 11.6. The second kappa shape index (κ2) is 9.25. The first-order chi connectivity index (χ1) is 10.9. The Morgan fingerprint density at radius 2 is 2.04 bits per heavy atom. The molecule has 6 nitrogen and oxygen atoms in total. The van der Waals surface area contributed by atoms with Crippen molar-refractivity contribution in [1.82, 2.24) is 5.32 Å². The molecule has 0 atom stereocenters. The van der Waals surface area contributed by atoms with Gasteiger partial charge in [-0.2, -0.15) is 0 Å². The fourth-order valence-corrected chi connectivity index (χ4v) is 1.94. The van der Waals surface area contributed by atoms with Gasteiger partial charge < -0.3 is 24.6 Å². The average molecular weight is 325 g/mol. The van der Waals surface area contributed by atoms with E-state index in [2.05, 4.69) is 5.32 Å². The summed E-state index contributed by atoms with van der Waals surface area (Å²) in [5.41, 5.74) is 0.510.